The van der Waals surface area contributed by atoms with Crippen LogP contribution < -0.4 is 11.3 Å². The lowest BCUT2D eigenvalue weighted by Crippen LogP contribution is -2.25. The van der Waals surface area contributed by atoms with Crippen molar-refractivity contribution in [1.29, 1.82) is 0 Å². The van der Waals surface area contributed by atoms with Crippen LogP contribution in [0.2, 0.25) is 0 Å². The molecule has 4 rings (SSSR count). The zero-order chi connectivity index (χ0) is 19.1. The van der Waals surface area contributed by atoms with E-state index in [1.165, 1.54) is 16.4 Å². The summed E-state index contributed by atoms with van der Waals surface area (Å²) in [6, 6.07) is 7.95. The Hall–Kier alpha value is -3.14. The average Bonchev–Trinajstić information content (AvgIpc) is 3.22. The second-order valence-corrected chi connectivity index (χ2v) is 7.19. The summed E-state index contributed by atoms with van der Waals surface area (Å²) in [7, 11) is 1.71. The van der Waals surface area contributed by atoms with Gasteiger partial charge in [0.1, 0.15) is 5.52 Å². The van der Waals surface area contributed by atoms with Crippen LogP contribution in [-0.2, 0) is 18.4 Å². The number of hydrogen-bond donors (Lipinski definition) is 1. The Labute approximate surface area is 157 Å². The fourth-order valence-electron chi connectivity index (χ4n) is 2.95. The van der Waals surface area contributed by atoms with Gasteiger partial charge in [-0.1, -0.05) is 41.6 Å². The molecular formula is C17H17N7O2S. The molecule has 0 unspecified atom stereocenters. The lowest BCUT2D eigenvalue weighted by atomic mass is 10.1. The topological polar surface area (TPSA) is 113 Å². The summed E-state index contributed by atoms with van der Waals surface area (Å²) < 4.78 is 4.84. The second-order valence-electron chi connectivity index (χ2n) is 6.25. The van der Waals surface area contributed by atoms with Crippen LogP contribution in [0.5, 0.6) is 0 Å². The Kier molecular flexibility index (Phi) is 4.19. The molecule has 27 heavy (non-hydrogen) atoms. The molecule has 9 nitrogen and oxygen atoms in total. The van der Waals surface area contributed by atoms with Crippen LogP contribution in [0.4, 0.5) is 0 Å². The molecule has 0 fully saturated rings. The molecule has 0 aliphatic rings. The number of nitrogens with two attached hydrogens (primary N) is 1. The third-order valence-corrected chi connectivity index (χ3v) is 5.22. The van der Waals surface area contributed by atoms with Crippen molar-refractivity contribution < 1.29 is 4.79 Å². The maximum Gasteiger partial charge on any atom is 0.281 e. The van der Waals surface area contributed by atoms with Crippen molar-refractivity contribution in [3.8, 4) is 0 Å². The predicted octanol–water partition coefficient (Wildman–Crippen LogP) is 0.712. The summed E-state index contributed by atoms with van der Waals surface area (Å²) in [6.07, 6.45) is 1.59. The molecule has 4 aromatic rings. The largest absolute Gasteiger partial charge is 0.369 e. The van der Waals surface area contributed by atoms with Gasteiger partial charge in [0.15, 0.2) is 10.7 Å². The molecule has 2 N–H and O–H groups in total. The summed E-state index contributed by atoms with van der Waals surface area (Å²) in [5.41, 5.74) is 8.20. The van der Waals surface area contributed by atoms with Crippen LogP contribution in [0.25, 0.3) is 16.8 Å². The van der Waals surface area contributed by atoms with E-state index in [0.29, 0.717) is 28.5 Å². The molecule has 1 aromatic carbocycles. The minimum Gasteiger partial charge on any atom is -0.369 e. The van der Waals surface area contributed by atoms with E-state index in [0.717, 1.165) is 11.1 Å². The summed E-state index contributed by atoms with van der Waals surface area (Å²) in [5, 5.41) is 13.0. The molecule has 0 spiro atoms. The number of carbonyl (C=O) groups excluding carboxylic acids is 1. The normalized spacial score (nSPS) is 11.5. The van der Waals surface area contributed by atoms with Crippen molar-refractivity contribution in [3.05, 3.63) is 51.9 Å². The number of nitrogens with zero attached hydrogens (tertiary/aromatic N) is 6. The zero-order valence-electron chi connectivity index (χ0n) is 14.8. The second kappa shape index (κ2) is 6.54. The van der Waals surface area contributed by atoms with Crippen LogP contribution in [-0.4, -0.2) is 40.6 Å². The van der Waals surface area contributed by atoms with Crippen molar-refractivity contribution in [2.45, 2.75) is 18.6 Å². The van der Waals surface area contributed by atoms with Crippen LogP contribution in [0.15, 0.2) is 40.4 Å². The molecule has 0 aliphatic heterocycles. The SMILES string of the molecule is Cc1ccc(Cn2c(=O)c3c(cnn3C)n3c(SCC(N)=O)nnc23)cc1. The summed E-state index contributed by atoms with van der Waals surface area (Å²) >= 11 is 1.17. The Bertz CT molecular complexity index is 1220. The highest BCUT2D eigenvalue weighted by Crippen LogP contribution is 2.21. The quantitative estimate of drug-likeness (QED) is 0.508. The molecule has 1 amide bonds. The Morgan fingerprint density at radius 3 is 2.67 bits per heavy atom. The summed E-state index contributed by atoms with van der Waals surface area (Å²) in [6.45, 7) is 2.36. The van der Waals surface area contributed by atoms with Crippen molar-refractivity contribution in [1.82, 2.24) is 28.9 Å². The Balaban J connectivity index is 1.95. The van der Waals surface area contributed by atoms with E-state index < -0.39 is 5.91 Å². The average molecular weight is 383 g/mol. The lowest BCUT2D eigenvalue weighted by Gasteiger charge is -2.10. The van der Waals surface area contributed by atoms with E-state index in [1.54, 1.807) is 22.2 Å². The number of hydrogen-bond acceptors (Lipinski definition) is 6. The van der Waals surface area contributed by atoms with Crippen LogP contribution >= 0.6 is 11.8 Å². The predicted molar refractivity (Wildman–Crippen MR) is 102 cm³/mol. The van der Waals surface area contributed by atoms with Crippen LogP contribution in [0.3, 0.4) is 0 Å². The fourth-order valence-corrected chi connectivity index (χ4v) is 3.63. The standard InChI is InChI=1S/C17H17N7O2S/c1-10-3-5-11(6-4-10)8-23-15(26)14-12(7-19-22(14)2)24-16(23)20-21-17(24)27-9-13(18)25/h3-7H,8-9H2,1-2H3,(H2,18,25). The molecule has 10 heteroatoms. The highest BCUT2D eigenvalue weighted by molar-refractivity contribution is 7.99. The van der Waals surface area contributed by atoms with E-state index in [9.17, 15) is 9.59 Å². The van der Waals surface area contributed by atoms with E-state index in [-0.39, 0.29) is 11.3 Å². The number of primary amides is 1. The first kappa shape index (κ1) is 17.3. The number of thioether (sulfide) groups is 1. The van der Waals surface area contributed by atoms with Crippen LogP contribution in [0, 0.1) is 6.92 Å². The number of benzene rings is 1. The van der Waals surface area contributed by atoms with E-state index in [2.05, 4.69) is 15.3 Å². The minimum atomic E-state index is -0.452. The van der Waals surface area contributed by atoms with Gasteiger partial charge in [0.25, 0.3) is 5.56 Å². The molecule has 0 bridgehead atoms. The van der Waals surface area contributed by atoms with E-state index in [4.69, 9.17) is 5.73 Å². The van der Waals surface area contributed by atoms with Gasteiger partial charge >= 0.3 is 0 Å². The van der Waals surface area contributed by atoms with Gasteiger partial charge in [-0.2, -0.15) is 5.10 Å². The number of amides is 1. The van der Waals surface area contributed by atoms with E-state index >= 15 is 0 Å². The highest BCUT2D eigenvalue weighted by Gasteiger charge is 2.20. The fraction of sp³-hybridized carbons (Fsp3) is 0.235. The van der Waals surface area contributed by atoms with Crippen molar-refractivity contribution in [2.24, 2.45) is 12.8 Å². The van der Waals surface area contributed by atoms with Gasteiger partial charge in [0.2, 0.25) is 11.7 Å². The van der Waals surface area contributed by atoms with Crippen LogP contribution in [0.1, 0.15) is 11.1 Å². The number of fused-ring (bicyclic) bond motifs is 3. The lowest BCUT2D eigenvalue weighted by molar-refractivity contribution is -0.115. The molecule has 0 saturated carbocycles. The summed E-state index contributed by atoms with van der Waals surface area (Å²) in [4.78, 5) is 24.3. The number of rotatable bonds is 5. The molecule has 0 aliphatic carbocycles. The number of aryl methyl sites for hydroxylation is 2. The number of aromatic nitrogens is 6. The van der Waals surface area contributed by atoms with Crippen molar-refractivity contribution in [3.63, 3.8) is 0 Å². The molecule has 0 atom stereocenters. The van der Waals surface area contributed by atoms with Gasteiger partial charge in [0, 0.05) is 7.05 Å². The third kappa shape index (κ3) is 2.97. The molecule has 138 valence electrons. The first-order chi connectivity index (χ1) is 13.0. The molecule has 0 saturated heterocycles. The molecule has 3 heterocycles. The minimum absolute atomic E-state index is 0.0691. The molecule has 0 radical (unpaired) electrons. The van der Waals surface area contributed by atoms with Gasteiger partial charge in [0.05, 0.1) is 18.5 Å². The van der Waals surface area contributed by atoms with E-state index in [1.807, 2.05) is 31.2 Å². The first-order valence-corrected chi connectivity index (χ1v) is 9.20. The highest BCUT2D eigenvalue weighted by atomic mass is 32.2. The van der Waals surface area contributed by atoms with Gasteiger partial charge in [-0.05, 0) is 12.5 Å². The van der Waals surface area contributed by atoms with Gasteiger partial charge in [-0.25, -0.2) is 0 Å². The van der Waals surface area contributed by atoms with Gasteiger partial charge < -0.3 is 5.73 Å². The maximum absolute atomic E-state index is 13.1. The van der Waals surface area contributed by atoms with Crippen molar-refractivity contribution in [2.75, 3.05) is 5.75 Å². The monoisotopic (exact) mass is 383 g/mol. The van der Waals surface area contributed by atoms with Crippen molar-refractivity contribution >= 4 is 34.5 Å². The van der Waals surface area contributed by atoms with Gasteiger partial charge in [-0.15, -0.1) is 10.2 Å². The number of carbonyl (C=O) groups is 1. The molecular weight excluding hydrogens is 366 g/mol. The Morgan fingerprint density at radius 2 is 1.96 bits per heavy atom. The first-order valence-electron chi connectivity index (χ1n) is 8.22. The molecule has 3 aromatic heterocycles. The van der Waals surface area contributed by atoms with Gasteiger partial charge in [-0.3, -0.25) is 23.2 Å². The Morgan fingerprint density at radius 1 is 1.22 bits per heavy atom. The third-order valence-electron chi connectivity index (χ3n) is 4.27. The maximum atomic E-state index is 13.1. The zero-order valence-corrected chi connectivity index (χ0v) is 15.6. The smallest absolute Gasteiger partial charge is 0.281 e. The summed E-state index contributed by atoms with van der Waals surface area (Å²) in [5.74, 6) is 0.0137.